The highest BCUT2D eigenvalue weighted by molar-refractivity contribution is 7.99. The molecule has 0 fully saturated rings. The fourth-order valence-electron chi connectivity index (χ4n) is 1.62. The zero-order valence-corrected chi connectivity index (χ0v) is 12.1. The SMILES string of the molecule is NCc1ccc(OCCSc2ccccc2)c(Cl)c1. The van der Waals surface area contributed by atoms with Gasteiger partial charge in [-0.3, -0.25) is 0 Å². The molecule has 0 aliphatic carbocycles. The van der Waals surface area contributed by atoms with Crippen LogP contribution in [0.25, 0.3) is 0 Å². The van der Waals surface area contributed by atoms with Crippen LogP contribution in [-0.2, 0) is 6.54 Å². The maximum Gasteiger partial charge on any atom is 0.137 e. The van der Waals surface area contributed by atoms with Crippen molar-refractivity contribution in [2.75, 3.05) is 12.4 Å². The Hall–Kier alpha value is -1.16. The number of hydrogen-bond donors (Lipinski definition) is 1. The van der Waals surface area contributed by atoms with Crippen LogP contribution >= 0.6 is 23.4 Å². The predicted octanol–water partition coefficient (Wildman–Crippen LogP) is 3.97. The van der Waals surface area contributed by atoms with Gasteiger partial charge in [0.15, 0.2) is 0 Å². The minimum Gasteiger partial charge on any atom is -0.491 e. The second-order valence-electron chi connectivity index (χ2n) is 3.98. The Bertz CT molecular complexity index is 519. The first-order valence-corrected chi connectivity index (χ1v) is 7.45. The lowest BCUT2D eigenvalue weighted by Crippen LogP contribution is -2.01. The molecule has 2 nitrogen and oxygen atoms in total. The zero-order valence-electron chi connectivity index (χ0n) is 10.5. The summed E-state index contributed by atoms with van der Waals surface area (Å²) in [5.41, 5.74) is 6.56. The summed E-state index contributed by atoms with van der Waals surface area (Å²) in [5, 5.41) is 0.618. The Morgan fingerprint density at radius 1 is 1.11 bits per heavy atom. The summed E-state index contributed by atoms with van der Waals surface area (Å²) in [4.78, 5) is 1.25. The van der Waals surface area contributed by atoms with Crippen molar-refractivity contribution in [1.82, 2.24) is 0 Å². The third-order valence-corrected chi connectivity index (χ3v) is 3.86. The topological polar surface area (TPSA) is 35.2 Å². The summed E-state index contributed by atoms with van der Waals surface area (Å²) < 4.78 is 5.66. The van der Waals surface area contributed by atoms with Crippen LogP contribution in [0.1, 0.15) is 5.56 Å². The molecule has 0 radical (unpaired) electrons. The van der Waals surface area contributed by atoms with Gasteiger partial charge in [0.25, 0.3) is 0 Å². The molecule has 2 aromatic carbocycles. The third-order valence-electron chi connectivity index (χ3n) is 2.58. The lowest BCUT2D eigenvalue weighted by molar-refractivity contribution is 0.344. The first-order chi connectivity index (χ1) is 9.29. The summed E-state index contributed by atoms with van der Waals surface area (Å²) in [5.74, 6) is 1.60. The van der Waals surface area contributed by atoms with Crippen LogP contribution in [0, 0.1) is 0 Å². The van der Waals surface area contributed by atoms with Gasteiger partial charge in [0, 0.05) is 17.2 Å². The lowest BCUT2D eigenvalue weighted by atomic mass is 10.2. The molecular formula is C15H16ClNOS. The van der Waals surface area contributed by atoms with Gasteiger partial charge in [-0.2, -0.15) is 0 Å². The number of hydrogen-bond acceptors (Lipinski definition) is 3. The zero-order chi connectivity index (χ0) is 13.5. The number of rotatable bonds is 6. The fourth-order valence-corrected chi connectivity index (χ4v) is 2.63. The molecule has 0 spiro atoms. The Morgan fingerprint density at radius 2 is 1.89 bits per heavy atom. The van der Waals surface area contributed by atoms with Crippen LogP contribution in [-0.4, -0.2) is 12.4 Å². The molecule has 0 aliphatic rings. The Balaban J connectivity index is 1.80. The van der Waals surface area contributed by atoms with Gasteiger partial charge in [-0.05, 0) is 29.8 Å². The Kier molecular flexibility index (Phi) is 5.58. The maximum absolute atomic E-state index is 6.12. The van der Waals surface area contributed by atoms with Crippen molar-refractivity contribution in [2.24, 2.45) is 5.73 Å². The summed E-state index contributed by atoms with van der Waals surface area (Å²) in [6.07, 6.45) is 0. The molecule has 0 saturated heterocycles. The molecule has 0 bridgehead atoms. The average Bonchev–Trinajstić information content (AvgIpc) is 2.46. The molecule has 0 amide bonds. The molecule has 0 unspecified atom stereocenters. The Morgan fingerprint density at radius 3 is 2.58 bits per heavy atom. The minimum atomic E-state index is 0.490. The number of nitrogens with two attached hydrogens (primary N) is 1. The quantitative estimate of drug-likeness (QED) is 0.646. The summed E-state index contributed by atoms with van der Waals surface area (Å²) in [6.45, 7) is 1.12. The molecule has 0 atom stereocenters. The average molecular weight is 294 g/mol. The number of ether oxygens (including phenoxy) is 1. The third kappa shape index (κ3) is 4.46. The van der Waals surface area contributed by atoms with E-state index in [1.807, 2.05) is 36.4 Å². The van der Waals surface area contributed by atoms with Gasteiger partial charge >= 0.3 is 0 Å². The first kappa shape index (κ1) is 14.3. The van der Waals surface area contributed by atoms with Crippen molar-refractivity contribution >= 4 is 23.4 Å². The van der Waals surface area contributed by atoms with Crippen molar-refractivity contribution in [3.63, 3.8) is 0 Å². The highest BCUT2D eigenvalue weighted by Gasteiger charge is 2.02. The van der Waals surface area contributed by atoms with E-state index in [1.165, 1.54) is 4.90 Å². The van der Waals surface area contributed by atoms with Crippen molar-refractivity contribution in [2.45, 2.75) is 11.4 Å². The highest BCUT2D eigenvalue weighted by atomic mass is 35.5. The first-order valence-electron chi connectivity index (χ1n) is 6.09. The van der Waals surface area contributed by atoms with Crippen LogP contribution in [0.5, 0.6) is 5.75 Å². The summed E-state index contributed by atoms with van der Waals surface area (Å²) in [7, 11) is 0. The largest absolute Gasteiger partial charge is 0.491 e. The van der Waals surface area contributed by atoms with Gasteiger partial charge in [-0.25, -0.2) is 0 Å². The predicted molar refractivity (Wildman–Crippen MR) is 82.0 cm³/mol. The normalized spacial score (nSPS) is 10.4. The number of benzene rings is 2. The molecule has 0 saturated carbocycles. The van der Waals surface area contributed by atoms with Crippen molar-refractivity contribution in [1.29, 1.82) is 0 Å². The van der Waals surface area contributed by atoms with E-state index in [1.54, 1.807) is 11.8 Å². The smallest absolute Gasteiger partial charge is 0.137 e. The molecule has 0 heterocycles. The van der Waals surface area contributed by atoms with Crippen molar-refractivity contribution in [3.8, 4) is 5.75 Å². The monoisotopic (exact) mass is 293 g/mol. The number of thioether (sulfide) groups is 1. The van der Waals surface area contributed by atoms with E-state index in [0.29, 0.717) is 23.9 Å². The molecule has 2 N–H and O–H groups in total. The summed E-state index contributed by atoms with van der Waals surface area (Å²) >= 11 is 7.88. The van der Waals surface area contributed by atoms with E-state index >= 15 is 0 Å². The van der Waals surface area contributed by atoms with E-state index in [9.17, 15) is 0 Å². The van der Waals surface area contributed by atoms with Gasteiger partial charge in [-0.15, -0.1) is 11.8 Å². The van der Waals surface area contributed by atoms with Gasteiger partial charge in [0.1, 0.15) is 5.75 Å². The second kappa shape index (κ2) is 7.43. The molecule has 19 heavy (non-hydrogen) atoms. The number of halogens is 1. The highest BCUT2D eigenvalue weighted by Crippen LogP contribution is 2.26. The van der Waals surface area contributed by atoms with Crippen LogP contribution < -0.4 is 10.5 Å². The van der Waals surface area contributed by atoms with Crippen molar-refractivity contribution < 1.29 is 4.74 Å². The van der Waals surface area contributed by atoms with Crippen molar-refractivity contribution in [3.05, 3.63) is 59.1 Å². The van der Waals surface area contributed by atoms with Gasteiger partial charge < -0.3 is 10.5 Å². The molecule has 2 aromatic rings. The maximum atomic E-state index is 6.12. The van der Waals surface area contributed by atoms with Crippen LogP contribution in [0.3, 0.4) is 0 Å². The van der Waals surface area contributed by atoms with E-state index in [4.69, 9.17) is 22.1 Å². The molecule has 0 aromatic heterocycles. The molecular weight excluding hydrogens is 278 g/mol. The van der Waals surface area contributed by atoms with E-state index < -0.39 is 0 Å². The lowest BCUT2D eigenvalue weighted by Gasteiger charge is -2.09. The second-order valence-corrected chi connectivity index (χ2v) is 5.55. The van der Waals surface area contributed by atoms with Crippen LogP contribution in [0.4, 0.5) is 0 Å². The molecule has 4 heteroatoms. The molecule has 2 rings (SSSR count). The Labute approximate surface area is 122 Å². The van der Waals surface area contributed by atoms with E-state index in [2.05, 4.69) is 12.1 Å². The minimum absolute atomic E-state index is 0.490. The fraction of sp³-hybridized carbons (Fsp3) is 0.200. The van der Waals surface area contributed by atoms with E-state index in [-0.39, 0.29) is 0 Å². The van der Waals surface area contributed by atoms with Crippen LogP contribution in [0.15, 0.2) is 53.4 Å². The van der Waals surface area contributed by atoms with Gasteiger partial charge in [0.2, 0.25) is 0 Å². The molecule has 0 aliphatic heterocycles. The summed E-state index contributed by atoms with van der Waals surface area (Å²) in [6, 6.07) is 15.9. The van der Waals surface area contributed by atoms with E-state index in [0.717, 1.165) is 11.3 Å². The molecule has 100 valence electrons. The van der Waals surface area contributed by atoms with Crippen LogP contribution in [0.2, 0.25) is 5.02 Å². The van der Waals surface area contributed by atoms with Gasteiger partial charge in [-0.1, -0.05) is 35.9 Å². The van der Waals surface area contributed by atoms with Gasteiger partial charge in [0.05, 0.1) is 11.6 Å². The standard InChI is InChI=1S/C15H16ClNOS/c16-14-10-12(11-17)6-7-15(14)18-8-9-19-13-4-2-1-3-5-13/h1-7,10H,8-9,11,17H2.